The lowest BCUT2D eigenvalue weighted by Crippen LogP contribution is -2.15. The third-order valence-corrected chi connectivity index (χ3v) is 4.14. The number of benzene rings is 2. The maximum absolute atomic E-state index is 13.4. The van der Waals surface area contributed by atoms with E-state index in [1.165, 1.54) is 6.07 Å². The first-order chi connectivity index (χ1) is 11.2. The Morgan fingerprint density at radius 2 is 1.83 bits per heavy atom. The highest BCUT2D eigenvalue weighted by atomic mass is 35.5. The molecule has 24 heavy (non-hydrogen) atoms. The third kappa shape index (κ3) is 4.85. The molecule has 2 nitrogen and oxygen atoms in total. The second kappa shape index (κ2) is 7.40. The highest BCUT2D eigenvalue weighted by Crippen LogP contribution is 2.37. The molecule has 0 atom stereocenters. The first kappa shape index (κ1) is 18.5. The topological polar surface area (TPSA) is 29.1 Å². The summed E-state index contributed by atoms with van der Waals surface area (Å²) >= 11 is 6.31. The Balaban J connectivity index is 2.03. The van der Waals surface area contributed by atoms with Gasteiger partial charge in [0.05, 0.1) is 22.0 Å². The van der Waals surface area contributed by atoms with E-state index >= 15 is 0 Å². The van der Waals surface area contributed by atoms with E-state index in [2.05, 4.69) is 5.32 Å². The van der Waals surface area contributed by atoms with E-state index in [0.29, 0.717) is 0 Å². The summed E-state index contributed by atoms with van der Waals surface area (Å²) in [4.78, 5) is 11.9. The van der Waals surface area contributed by atoms with Crippen molar-refractivity contribution in [1.82, 2.24) is 0 Å². The van der Waals surface area contributed by atoms with Gasteiger partial charge in [0.15, 0.2) is 0 Å². The third-order valence-electron chi connectivity index (χ3n) is 2.82. The molecule has 0 fully saturated rings. The van der Waals surface area contributed by atoms with Crippen LogP contribution in [0.15, 0.2) is 41.3 Å². The predicted molar refractivity (Wildman–Crippen MR) is 82.2 cm³/mol. The maximum Gasteiger partial charge on any atom is 0.417 e. The van der Waals surface area contributed by atoms with Crippen LogP contribution in [0.5, 0.6) is 0 Å². The fraction of sp³-hybridized carbons (Fsp3) is 0.133. The predicted octanol–water partition coefficient (Wildman–Crippen LogP) is 5.37. The zero-order valence-corrected chi connectivity index (χ0v) is 13.3. The molecule has 0 aliphatic heterocycles. The summed E-state index contributed by atoms with van der Waals surface area (Å²) in [5.74, 6) is -2.52. The van der Waals surface area contributed by atoms with Gasteiger partial charge in [0.2, 0.25) is 5.91 Å². The van der Waals surface area contributed by atoms with Crippen molar-refractivity contribution in [3.05, 3.63) is 58.6 Å². The number of hydrogen-bond donors (Lipinski definition) is 1. The largest absolute Gasteiger partial charge is 0.417 e. The van der Waals surface area contributed by atoms with Crippen molar-refractivity contribution in [3.8, 4) is 0 Å². The van der Waals surface area contributed by atoms with Gasteiger partial charge in [-0.05, 0) is 30.3 Å². The minimum atomic E-state index is -4.61. The Hall–Kier alpha value is -1.80. The van der Waals surface area contributed by atoms with E-state index in [-0.39, 0.29) is 16.3 Å². The molecule has 0 aromatic heterocycles. The Bertz CT molecular complexity index is 766. The fourth-order valence-corrected chi connectivity index (χ4v) is 2.70. The van der Waals surface area contributed by atoms with Crippen LogP contribution in [0, 0.1) is 11.6 Å². The molecule has 128 valence electrons. The number of amides is 1. The number of thioether (sulfide) groups is 1. The lowest BCUT2D eigenvalue weighted by atomic mass is 10.2. The first-order valence-corrected chi connectivity index (χ1v) is 7.77. The number of anilines is 1. The Morgan fingerprint density at radius 3 is 2.50 bits per heavy atom. The lowest BCUT2D eigenvalue weighted by Gasteiger charge is -2.11. The molecular formula is C15H9ClF5NOS. The van der Waals surface area contributed by atoms with Crippen LogP contribution in [0.25, 0.3) is 0 Å². The first-order valence-electron chi connectivity index (χ1n) is 6.41. The molecule has 0 aliphatic carbocycles. The summed E-state index contributed by atoms with van der Waals surface area (Å²) in [7, 11) is 0. The number of carbonyl (C=O) groups excluding carboxylic acids is 1. The van der Waals surface area contributed by atoms with Crippen LogP contribution in [0.4, 0.5) is 27.6 Å². The van der Waals surface area contributed by atoms with Crippen molar-refractivity contribution in [3.63, 3.8) is 0 Å². The van der Waals surface area contributed by atoms with Gasteiger partial charge < -0.3 is 5.32 Å². The van der Waals surface area contributed by atoms with Crippen molar-refractivity contribution in [2.24, 2.45) is 0 Å². The summed E-state index contributed by atoms with van der Waals surface area (Å²) in [6.07, 6.45) is -4.61. The molecule has 0 aliphatic rings. The summed E-state index contributed by atoms with van der Waals surface area (Å²) < 4.78 is 64.6. The van der Waals surface area contributed by atoms with Crippen LogP contribution >= 0.6 is 23.4 Å². The summed E-state index contributed by atoms with van der Waals surface area (Å²) in [5, 5.41) is 1.71. The summed E-state index contributed by atoms with van der Waals surface area (Å²) in [6, 6.07) is 5.79. The number of carbonyl (C=O) groups is 1. The van der Waals surface area contributed by atoms with E-state index in [4.69, 9.17) is 11.6 Å². The molecule has 2 rings (SSSR count). The number of alkyl halides is 3. The molecule has 1 N–H and O–H groups in total. The Morgan fingerprint density at radius 1 is 1.12 bits per heavy atom. The average molecular weight is 382 g/mol. The van der Waals surface area contributed by atoms with Crippen LogP contribution in [0.3, 0.4) is 0 Å². The molecule has 0 saturated heterocycles. The molecule has 2 aromatic rings. The van der Waals surface area contributed by atoms with Crippen LogP contribution < -0.4 is 5.32 Å². The number of nitrogens with one attached hydrogen (secondary N) is 1. The number of hydrogen-bond acceptors (Lipinski definition) is 2. The molecule has 0 spiro atoms. The van der Waals surface area contributed by atoms with Gasteiger partial charge in [-0.15, -0.1) is 11.8 Å². The van der Waals surface area contributed by atoms with Gasteiger partial charge in [-0.2, -0.15) is 13.2 Å². The minimum Gasteiger partial charge on any atom is -0.323 e. The zero-order chi connectivity index (χ0) is 17.9. The van der Waals surface area contributed by atoms with Crippen LogP contribution in [0.2, 0.25) is 5.02 Å². The van der Waals surface area contributed by atoms with Gasteiger partial charge in [-0.3, -0.25) is 4.79 Å². The van der Waals surface area contributed by atoms with Crippen LogP contribution in [-0.2, 0) is 11.0 Å². The maximum atomic E-state index is 13.4. The van der Waals surface area contributed by atoms with E-state index < -0.39 is 34.3 Å². The van der Waals surface area contributed by atoms with E-state index in [0.717, 1.165) is 42.1 Å². The lowest BCUT2D eigenvalue weighted by molar-refractivity contribution is -0.137. The van der Waals surface area contributed by atoms with Gasteiger partial charge in [0, 0.05) is 11.0 Å². The van der Waals surface area contributed by atoms with E-state index in [1.54, 1.807) is 0 Å². The normalized spacial score (nSPS) is 11.4. The quantitative estimate of drug-likeness (QED) is 0.570. The minimum absolute atomic E-state index is 0.168. The molecule has 9 heteroatoms. The van der Waals surface area contributed by atoms with Crippen molar-refractivity contribution in [1.29, 1.82) is 0 Å². The van der Waals surface area contributed by atoms with Gasteiger partial charge in [-0.1, -0.05) is 11.6 Å². The monoisotopic (exact) mass is 381 g/mol. The second-order valence-corrected chi connectivity index (χ2v) is 6.06. The average Bonchev–Trinajstić information content (AvgIpc) is 2.49. The van der Waals surface area contributed by atoms with E-state index in [1.807, 2.05) is 0 Å². The van der Waals surface area contributed by atoms with Crippen molar-refractivity contribution < 1.29 is 26.7 Å². The van der Waals surface area contributed by atoms with Gasteiger partial charge in [0.1, 0.15) is 11.6 Å². The molecule has 0 bridgehead atoms. The van der Waals surface area contributed by atoms with Crippen LogP contribution in [-0.4, -0.2) is 11.7 Å². The van der Waals surface area contributed by atoms with Gasteiger partial charge in [-0.25, -0.2) is 8.78 Å². The van der Waals surface area contributed by atoms with Crippen LogP contribution in [0.1, 0.15) is 5.56 Å². The second-order valence-electron chi connectivity index (χ2n) is 4.60. The Kier molecular flexibility index (Phi) is 5.71. The highest BCUT2D eigenvalue weighted by molar-refractivity contribution is 8.00. The molecule has 2 aromatic carbocycles. The van der Waals surface area contributed by atoms with Crippen molar-refractivity contribution in [2.75, 3.05) is 11.1 Å². The van der Waals surface area contributed by atoms with E-state index in [9.17, 15) is 26.7 Å². The van der Waals surface area contributed by atoms with Crippen molar-refractivity contribution >= 4 is 35.0 Å². The van der Waals surface area contributed by atoms with Gasteiger partial charge >= 0.3 is 6.18 Å². The summed E-state index contributed by atoms with van der Waals surface area (Å²) in [6.45, 7) is 0. The smallest absolute Gasteiger partial charge is 0.323 e. The molecule has 0 saturated carbocycles. The summed E-state index contributed by atoms with van der Waals surface area (Å²) in [5.41, 5.74) is -1.35. The number of rotatable bonds is 4. The Labute approximate surface area is 143 Å². The van der Waals surface area contributed by atoms with Gasteiger partial charge in [0.25, 0.3) is 0 Å². The standard InChI is InChI=1S/C15H9ClF5NOS/c16-11-3-2-9(6-10(11)15(19,20)21)24-7-14(23)22-13-5-8(17)1-4-12(13)18/h1-6H,7H2,(H,22,23). The molecule has 0 heterocycles. The molecular weight excluding hydrogens is 373 g/mol. The molecule has 0 radical (unpaired) electrons. The number of halogens is 6. The molecule has 0 unspecified atom stereocenters. The zero-order valence-electron chi connectivity index (χ0n) is 11.8. The molecule has 1 amide bonds. The SMILES string of the molecule is O=C(CSc1ccc(Cl)c(C(F)(F)F)c1)Nc1cc(F)ccc1F. The highest BCUT2D eigenvalue weighted by Gasteiger charge is 2.33. The van der Waals surface area contributed by atoms with Crippen molar-refractivity contribution in [2.45, 2.75) is 11.1 Å². The fourth-order valence-electron chi connectivity index (χ4n) is 1.74.